The van der Waals surface area contributed by atoms with Crippen LogP contribution in [0, 0.1) is 0 Å². The van der Waals surface area contributed by atoms with Crippen LogP contribution in [0.3, 0.4) is 0 Å². The standard InChI is InChI=1S/C19H30N4O2S.HI/c1-3-20-19(23-15-6-5-7-17(12-15)26-4-2)21-13-18(25)22-14-8-10-16(24)11-9-14;/h8-11,15,17,24H,3-7,12-13H2,1-2H3,(H,22,25)(H2,20,21,23);1H. The lowest BCUT2D eigenvalue weighted by Gasteiger charge is -2.30. The van der Waals surface area contributed by atoms with Gasteiger partial charge in [0.25, 0.3) is 0 Å². The molecule has 2 rings (SSSR count). The van der Waals surface area contributed by atoms with Gasteiger partial charge in [0, 0.05) is 23.5 Å². The van der Waals surface area contributed by atoms with Gasteiger partial charge in [0.1, 0.15) is 12.3 Å². The zero-order valence-corrected chi connectivity index (χ0v) is 19.2. The highest BCUT2D eigenvalue weighted by molar-refractivity contribution is 14.0. The van der Waals surface area contributed by atoms with E-state index in [0.29, 0.717) is 22.9 Å². The molecule has 27 heavy (non-hydrogen) atoms. The zero-order valence-electron chi connectivity index (χ0n) is 16.0. The van der Waals surface area contributed by atoms with Crippen LogP contribution in [0.2, 0.25) is 0 Å². The van der Waals surface area contributed by atoms with Crippen LogP contribution in [0.1, 0.15) is 39.5 Å². The molecule has 0 aliphatic heterocycles. The average molecular weight is 506 g/mol. The van der Waals surface area contributed by atoms with Crippen molar-refractivity contribution in [3.63, 3.8) is 0 Å². The first-order valence-electron chi connectivity index (χ1n) is 9.36. The molecule has 0 radical (unpaired) electrons. The van der Waals surface area contributed by atoms with Crippen LogP contribution in [0.4, 0.5) is 5.69 Å². The fourth-order valence-electron chi connectivity index (χ4n) is 3.07. The lowest BCUT2D eigenvalue weighted by atomic mass is 9.95. The van der Waals surface area contributed by atoms with Gasteiger partial charge < -0.3 is 21.1 Å². The Labute approximate surface area is 183 Å². The van der Waals surface area contributed by atoms with E-state index >= 15 is 0 Å². The van der Waals surface area contributed by atoms with Crippen molar-refractivity contribution in [1.82, 2.24) is 10.6 Å². The number of thioether (sulfide) groups is 1. The molecule has 0 bridgehead atoms. The normalized spacial score (nSPS) is 19.7. The third kappa shape index (κ3) is 9.05. The van der Waals surface area contributed by atoms with Crippen LogP contribution < -0.4 is 16.0 Å². The number of halogens is 1. The fourth-order valence-corrected chi connectivity index (χ4v) is 4.25. The first kappa shape index (κ1) is 23.9. The topological polar surface area (TPSA) is 85.8 Å². The molecule has 1 fully saturated rings. The number of amides is 1. The van der Waals surface area contributed by atoms with E-state index in [1.165, 1.54) is 25.0 Å². The highest BCUT2D eigenvalue weighted by Crippen LogP contribution is 2.28. The van der Waals surface area contributed by atoms with Gasteiger partial charge in [-0.2, -0.15) is 11.8 Å². The summed E-state index contributed by atoms with van der Waals surface area (Å²) < 4.78 is 0. The molecule has 0 spiro atoms. The van der Waals surface area contributed by atoms with Crippen molar-refractivity contribution in [1.29, 1.82) is 0 Å². The Morgan fingerprint density at radius 1 is 1.26 bits per heavy atom. The van der Waals surface area contributed by atoms with Crippen molar-refractivity contribution >= 4 is 53.3 Å². The Kier molecular flexibility index (Phi) is 11.6. The second-order valence-corrected chi connectivity index (χ2v) is 7.95. The summed E-state index contributed by atoms with van der Waals surface area (Å²) in [4.78, 5) is 16.5. The minimum atomic E-state index is -0.184. The monoisotopic (exact) mass is 506 g/mol. The molecule has 0 aromatic heterocycles. The van der Waals surface area contributed by atoms with Crippen molar-refractivity contribution in [2.75, 3.05) is 24.2 Å². The molecule has 1 saturated carbocycles. The third-order valence-electron chi connectivity index (χ3n) is 4.25. The third-order valence-corrected chi connectivity index (χ3v) is 5.48. The maximum atomic E-state index is 12.1. The maximum absolute atomic E-state index is 12.1. The number of hydrogen-bond acceptors (Lipinski definition) is 4. The fraction of sp³-hybridized carbons (Fsp3) is 0.579. The summed E-state index contributed by atoms with van der Waals surface area (Å²) in [5.74, 6) is 1.84. The van der Waals surface area contributed by atoms with E-state index in [1.807, 2.05) is 18.7 Å². The van der Waals surface area contributed by atoms with E-state index < -0.39 is 0 Å². The summed E-state index contributed by atoms with van der Waals surface area (Å²) in [6.45, 7) is 5.03. The van der Waals surface area contributed by atoms with Crippen LogP contribution in [-0.2, 0) is 4.79 Å². The van der Waals surface area contributed by atoms with Crippen LogP contribution >= 0.6 is 35.7 Å². The lowest BCUT2D eigenvalue weighted by molar-refractivity contribution is -0.114. The van der Waals surface area contributed by atoms with E-state index in [0.717, 1.165) is 25.1 Å². The van der Waals surface area contributed by atoms with Crippen LogP contribution in [0.5, 0.6) is 5.75 Å². The summed E-state index contributed by atoms with van der Waals surface area (Å²) in [6.07, 6.45) is 4.81. The number of rotatable bonds is 7. The van der Waals surface area contributed by atoms with Gasteiger partial charge in [0.05, 0.1) is 0 Å². The Morgan fingerprint density at radius 2 is 2.00 bits per heavy atom. The molecule has 1 aliphatic carbocycles. The molecule has 0 saturated heterocycles. The highest BCUT2D eigenvalue weighted by Gasteiger charge is 2.22. The van der Waals surface area contributed by atoms with Gasteiger partial charge in [0.2, 0.25) is 5.91 Å². The number of phenolic OH excluding ortho intramolecular Hbond substituents is 1. The second kappa shape index (κ2) is 13.1. The van der Waals surface area contributed by atoms with Gasteiger partial charge in [0.15, 0.2) is 5.96 Å². The summed E-state index contributed by atoms with van der Waals surface area (Å²) in [6, 6.07) is 6.81. The molecule has 2 unspecified atom stereocenters. The first-order chi connectivity index (χ1) is 12.6. The number of carbonyl (C=O) groups excluding carboxylic acids is 1. The van der Waals surface area contributed by atoms with Crippen molar-refractivity contribution in [3.05, 3.63) is 24.3 Å². The van der Waals surface area contributed by atoms with Gasteiger partial charge in [-0.1, -0.05) is 13.3 Å². The molecular formula is C19H31IN4O2S. The van der Waals surface area contributed by atoms with E-state index in [2.05, 4.69) is 27.9 Å². The van der Waals surface area contributed by atoms with Crippen LogP contribution in [0.15, 0.2) is 29.3 Å². The van der Waals surface area contributed by atoms with Crippen molar-refractivity contribution < 1.29 is 9.90 Å². The Hall–Kier alpha value is -1.16. The van der Waals surface area contributed by atoms with Crippen molar-refractivity contribution in [2.45, 2.75) is 50.8 Å². The average Bonchev–Trinajstić information content (AvgIpc) is 2.62. The largest absolute Gasteiger partial charge is 0.508 e. The number of guanidine groups is 1. The number of nitrogens with zero attached hydrogens (tertiary/aromatic N) is 1. The van der Waals surface area contributed by atoms with Gasteiger partial charge in [-0.05, 0) is 56.2 Å². The summed E-state index contributed by atoms with van der Waals surface area (Å²) in [5, 5.41) is 19.5. The summed E-state index contributed by atoms with van der Waals surface area (Å²) in [7, 11) is 0. The molecule has 2 atom stereocenters. The summed E-state index contributed by atoms with van der Waals surface area (Å²) >= 11 is 2.03. The SMILES string of the molecule is CCNC(=NCC(=O)Nc1ccc(O)cc1)NC1CCCC(SCC)C1.I. The predicted molar refractivity (Wildman–Crippen MR) is 125 cm³/mol. The number of benzene rings is 1. The van der Waals surface area contributed by atoms with Crippen LogP contribution in [-0.4, -0.2) is 47.1 Å². The number of aliphatic imine (C=N–C) groups is 1. The number of hydrogen-bond donors (Lipinski definition) is 4. The molecular weight excluding hydrogens is 475 g/mol. The van der Waals surface area contributed by atoms with Crippen molar-refractivity contribution in [2.24, 2.45) is 4.99 Å². The zero-order chi connectivity index (χ0) is 18.8. The molecule has 1 aromatic rings. The van der Waals surface area contributed by atoms with Gasteiger partial charge in [-0.15, -0.1) is 24.0 Å². The molecule has 1 aromatic carbocycles. The number of phenols is 1. The van der Waals surface area contributed by atoms with E-state index in [4.69, 9.17) is 0 Å². The number of carbonyl (C=O) groups is 1. The highest BCUT2D eigenvalue weighted by atomic mass is 127. The Morgan fingerprint density at radius 3 is 2.67 bits per heavy atom. The number of anilines is 1. The van der Waals surface area contributed by atoms with Gasteiger partial charge in [-0.25, -0.2) is 4.99 Å². The molecule has 152 valence electrons. The van der Waals surface area contributed by atoms with Gasteiger partial charge >= 0.3 is 0 Å². The smallest absolute Gasteiger partial charge is 0.246 e. The van der Waals surface area contributed by atoms with Crippen molar-refractivity contribution in [3.8, 4) is 5.75 Å². The second-order valence-electron chi connectivity index (χ2n) is 6.38. The Bertz CT molecular complexity index is 596. The lowest BCUT2D eigenvalue weighted by Crippen LogP contribution is -2.46. The minimum absolute atomic E-state index is 0. The van der Waals surface area contributed by atoms with E-state index in [-0.39, 0.29) is 42.2 Å². The molecule has 8 heteroatoms. The first-order valence-corrected chi connectivity index (χ1v) is 10.4. The molecule has 1 aliphatic rings. The number of nitrogens with one attached hydrogen (secondary N) is 3. The predicted octanol–water partition coefficient (Wildman–Crippen LogP) is 3.57. The molecule has 4 N–H and O–H groups in total. The van der Waals surface area contributed by atoms with E-state index in [1.54, 1.807) is 12.1 Å². The van der Waals surface area contributed by atoms with Crippen LogP contribution in [0.25, 0.3) is 0 Å². The molecule has 0 heterocycles. The maximum Gasteiger partial charge on any atom is 0.246 e. The Balaban J connectivity index is 0.00000364. The molecule has 6 nitrogen and oxygen atoms in total. The molecule has 1 amide bonds. The quantitative estimate of drug-likeness (QED) is 0.197. The summed E-state index contributed by atoms with van der Waals surface area (Å²) in [5.41, 5.74) is 0.646. The van der Waals surface area contributed by atoms with Gasteiger partial charge in [-0.3, -0.25) is 4.79 Å². The minimum Gasteiger partial charge on any atom is -0.508 e. The number of aromatic hydroxyl groups is 1. The van der Waals surface area contributed by atoms with E-state index in [9.17, 15) is 9.90 Å².